The van der Waals surface area contributed by atoms with Crippen LogP contribution >= 0.6 is 23.2 Å². The number of nitrogens with zero attached hydrogens (tertiary/aromatic N) is 1. The molecule has 2 N–H and O–H groups in total. The lowest BCUT2D eigenvalue weighted by Crippen LogP contribution is -2.21. The molecule has 5 nitrogen and oxygen atoms in total. The summed E-state index contributed by atoms with van der Waals surface area (Å²) in [6.45, 7) is -0.00203. The first-order valence-electron chi connectivity index (χ1n) is 4.57. The average Bonchev–Trinajstić information content (AvgIpc) is 2.27. The van der Waals surface area contributed by atoms with Crippen molar-refractivity contribution in [3.63, 3.8) is 0 Å². The summed E-state index contributed by atoms with van der Waals surface area (Å²) in [6, 6.07) is 1.78. The largest absolute Gasteiger partial charge is 0.390 e. The molecule has 0 bridgehead atoms. The van der Waals surface area contributed by atoms with Gasteiger partial charge in [0.2, 0.25) is 0 Å². The molecule has 1 unspecified atom stereocenters. The van der Waals surface area contributed by atoms with Gasteiger partial charge in [-0.15, -0.1) is 11.6 Å². The molecule has 0 saturated heterocycles. The number of non-ortho nitro benzene ring substituents is 1. The van der Waals surface area contributed by atoms with Gasteiger partial charge in [0.05, 0.1) is 33.7 Å². The van der Waals surface area contributed by atoms with Gasteiger partial charge in [-0.05, 0) is 0 Å². The van der Waals surface area contributed by atoms with Crippen LogP contribution in [-0.4, -0.2) is 28.6 Å². The van der Waals surface area contributed by atoms with E-state index in [0.717, 1.165) is 12.1 Å². The van der Waals surface area contributed by atoms with Gasteiger partial charge in [0.25, 0.3) is 5.69 Å². The zero-order valence-corrected chi connectivity index (χ0v) is 10.0. The average molecular weight is 283 g/mol. The van der Waals surface area contributed by atoms with Crippen molar-refractivity contribution in [2.75, 3.05) is 17.7 Å². The number of nitrogens with one attached hydrogen (secondary N) is 1. The Morgan fingerprint density at radius 3 is 2.71 bits per heavy atom. The molecule has 0 amide bonds. The molecule has 17 heavy (non-hydrogen) atoms. The lowest BCUT2D eigenvalue weighted by Gasteiger charge is -2.12. The molecule has 1 aromatic rings. The molecule has 0 aromatic heterocycles. The molecule has 0 aliphatic heterocycles. The molecular weight excluding hydrogens is 274 g/mol. The van der Waals surface area contributed by atoms with Gasteiger partial charge in [-0.3, -0.25) is 10.1 Å². The van der Waals surface area contributed by atoms with E-state index in [2.05, 4.69) is 5.32 Å². The van der Waals surface area contributed by atoms with Crippen molar-refractivity contribution in [3.8, 4) is 0 Å². The first-order chi connectivity index (χ1) is 7.95. The summed E-state index contributed by atoms with van der Waals surface area (Å²) in [5, 5.41) is 22.0. The minimum absolute atomic E-state index is 0.00203. The molecule has 0 fully saturated rings. The smallest absolute Gasteiger partial charge is 0.274 e. The minimum atomic E-state index is -0.859. The maximum Gasteiger partial charge on any atom is 0.274 e. The molecule has 8 heteroatoms. The van der Waals surface area contributed by atoms with Crippen LogP contribution < -0.4 is 5.32 Å². The fourth-order valence-corrected chi connectivity index (χ4v) is 1.49. The number of hydrogen-bond acceptors (Lipinski definition) is 4. The van der Waals surface area contributed by atoms with Crippen LogP contribution in [0.1, 0.15) is 0 Å². The van der Waals surface area contributed by atoms with Crippen molar-refractivity contribution in [2.24, 2.45) is 0 Å². The molecule has 0 aliphatic rings. The summed E-state index contributed by atoms with van der Waals surface area (Å²) >= 11 is 11.0. The third kappa shape index (κ3) is 3.69. The maximum atomic E-state index is 13.5. The lowest BCUT2D eigenvalue weighted by molar-refractivity contribution is -0.385. The van der Waals surface area contributed by atoms with Crippen LogP contribution in [0.4, 0.5) is 15.8 Å². The SMILES string of the molecule is O=[N+]([O-])c1cc(F)c(NCC(O)CCl)c(Cl)c1. The van der Waals surface area contributed by atoms with Crippen molar-refractivity contribution in [3.05, 3.63) is 33.1 Å². The van der Waals surface area contributed by atoms with Crippen molar-refractivity contribution < 1.29 is 14.4 Å². The molecule has 1 rings (SSSR count). The van der Waals surface area contributed by atoms with Crippen LogP contribution in [0.25, 0.3) is 0 Å². The number of nitro benzene ring substituents is 1. The Bertz CT molecular complexity index is 408. The molecular formula is C9H9Cl2FN2O3. The predicted octanol–water partition coefficient (Wildman–Crippen LogP) is 2.40. The van der Waals surface area contributed by atoms with E-state index >= 15 is 0 Å². The topological polar surface area (TPSA) is 75.4 Å². The van der Waals surface area contributed by atoms with Gasteiger partial charge in [0, 0.05) is 12.6 Å². The highest BCUT2D eigenvalue weighted by Gasteiger charge is 2.16. The van der Waals surface area contributed by atoms with Crippen molar-refractivity contribution in [1.82, 2.24) is 0 Å². The van der Waals surface area contributed by atoms with E-state index in [-0.39, 0.29) is 23.1 Å². The summed E-state index contributed by atoms with van der Waals surface area (Å²) in [5.74, 6) is -0.870. The Hall–Kier alpha value is -1.11. The van der Waals surface area contributed by atoms with E-state index < -0.39 is 22.5 Å². The standard InChI is InChI=1S/C9H9Cl2FN2O3/c10-3-6(15)4-13-9-7(11)1-5(14(16)17)2-8(9)12/h1-2,6,13,15H,3-4H2. The van der Waals surface area contributed by atoms with Crippen LogP contribution in [-0.2, 0) is 0 Å². The van der Waals surface area contributed by atoms with Gasteiger partial charge in [-0.2, -0.15) is 0 Å². The second-order valence-corrected chi connectivity index (χ2v) is 3.95. The molecule has 0 radical (unpaired) electrons. The molecule has 94 valence electrons. The van der Waals surface area contributed by atoms with Gasteiger partial charge in [-0.25, -0.2) is 4.39 Å². The van der Waals surface area contributed by atoms with Gasteiger partial charge < -0.3 is 10.4 Å². The molecule has 0 spiro atoms. The highest BCUT2D eigenvalue weighted by molar-refractivity contribution is 6.33. The first kappa shape index (κ1) is 14.0. The van der Waals surface area contributed by atoms with Crippen LogP contribution in [0.3, 0.4) is 0 Å². The highest BCUT2D eigenvalue weighted by atomic mass is 35.5. The van der Waals surface area contributed by atoms with Gasteiger partial charge in [0.15, 0.2) is 5.82 Å². The predicted molar refractivity (Wildman–Crippen MR) is 63.3 cm³/mol. The lowest BCUT2D eigenvalue weighted by atomic mass is 10.2. The second-order valence-electron chi connectivity index (χ2n) is 3.23. The Balaban J connectivity index is 2.90. The molecule has 0 heterocycles. The summed E-state index contributed by atoms with van der Waals surface area (Å²) in [5.41, 5.74) is -0.530. The minimum Gasteiger partial charge on any atom is -0.390 e. The Morgan fingerprint density at radius 1 is 1.59 bits per heavy atom. The fourth-order valence-electron chi connectivity index (χ4n) is 1.11. The highest BCUT2D eigenvalue weighted by Crippen LogP contribution is 2.30. The van der Waals surface area contributed by atoms with Crippen LogP contribution in [0.5, 0.6) is 0 Å². The zero-order chi connectivity index (χ0) is 13.0. The van der Waals surface area contributed by atoms with Gasteiger partial charge >= 0.3 is 0 Å². The quantitative estimate of drug-likeness (QED) is 0.494. The zero-order valence-electron chi connectivity index (χ0n) is 8.49. The van der Waals surface area contributed by atoms with Crippen molar-refractivity contribution in [1.29, 1.82) is 0 Å². The van der Waals surface area contributed by atoms with E-state index in [1.165, 1.54) is 0 Å². The van der Waals surface area contributed by atoms with Crippen molar-refractivity contribution >= 4 is 34.6 Å². The number of rotatable bonds is 5. The second kappa shape index (κ2) is 6.00. The Morgan fingerprint density at radius 2 is 2.24 bits per heavy atom. The maximum absolute atomic E-state index is 13.5. The first-order valence-corrected chi connectivity index (χ1v) is 5.48. The number of halogens is 3. The molecule has 1 aromatic carbocycles. The molecule has 1 atom stereocenters. The van der Waals surface area contributed by atoms with E-state index in [4.69, 9.17) is 23.2 Å². The molecule has 0 saturated carbocycles. The number of aliphatic hydroxyl groups is 1. The number of benzene rings is 1. The third-order valence-corrected chi connectivity index (χ3v) is 2.58. The number of nitro groups is 1. The Kier molecular flexibility index (Phi) is 4.92. The van der Waals surface area contributed by atoms with E-state index in [1.807, 2.05) is 0 Å². The van der Waals surface area contributed by atoms with Crippen LogP contribution in [0, 0.1) is 15.9 Å². The van der Waals surface area contributed by atoms with Crippen LogP contribution in [0.2, 0.25) is 5.02 Å². The summed E-state index contributed by atoms with van der Waals surface area (Å²) < 4.78 is 13.5. The summed E-state index contributed by atoms with van der Waals surface area (Å²) in [4.78, 5) is 9.69. The van der Waals surface area contributed by atoms with E-state index in [1.54, 1.807) is 0 Å². The normalized spacial score (nSPS) is 12.2. The third-order valence-electron chi connectivity index (χ3n) is 1.93. The van der Waals surface area contributed by atoms with E-state index in [0.29, 0.717) is 0 Å². The van der Waals surface area contributed by atoms with Crippen LogP contribution in [0.15, 0.2) is 12.1 Å². The summed E-state index contributed by atoms with van der Waals surface area (Å²) in [7, 11) is 0. The number of alkyl halides is 1. The fraction of sp³-hybridized carbons (Fsp3) is 0.333. The number of aliphatic hydroxyl groups excluding tert-OH is 1. The summed E-state index contributed by atoms with van der Waals surface area (Å²) in [6.07, 6.45) is -0.859. The van der Waals surface area contributed by atoms with Crippen molar-refractivity contribution in [2.45, 2.75) is 6.10 Å². The van der Waals surface area contributed by atoms with Gasteiger partial charge in [-0.1, -0.05) is 11.6 Å². The monoisotopic (exact) mass is 282 g/mol. The van der Waals surface area contributed by atoms with Gasteiger partial charge in [0.1, 0.15) is 0 Å². The molecule has 0 aliphatic carbocycles. The Labute approximate surface area is 106 Å². The van der Waals surface area contributed by atoms with E-state index in [9.17, 15) is 19.6 Å². The number of anilines is 1. The number of hydrogen-bond donors (Lipinski definition) is 2.